The highest BCUT2D eigenvalue weighted by Crippen LogP contribution is 2.31. The highest BCUT2D eigenvalue weighted by molar-refractivity contribution is 6.12. The van der Waals surface area contributed by atoms with Crippen molar-refractivity contribution in [3.63, 3.8) is 0 Å². The standard InChI is InChI=1S/C16H13N.C4H9N/c1-2-17-16-11-12-7-3-4-8-13(12)14-9-5-6-10-15(14)16;1-2-4-5-3-1/h2-11,17H,1H2;5H,1-4H2. The normalized spacial score (nSPS) is 13.6. The largest absolute Gasteiger partial charge is 0.362 e. The predicted octanol–water partition coefficient (Wildman–Crippen LogP) is 4.92. The SMILES string of the molecule is C1CCNC1.C=CNc1cc2ccccc2c2ccccc12. The van der Waals surface area contributed by atoms with Gasteiger partial charge in [-0.1, -0.05) is 55.1 Å². The van der Waals surface area contributed by atoms with Gasteiger partial charge in [-0.05, 0) is 54.4 Å². The monoisotopic (exact) mass is 290 g/mol. The molecule has 4 rings (SSSR count). The zero-order valence-electron chi connectivity index (χ0n) is 12.8. The summed E-state index contributed by atoms with van der Waals surface area (Å²) >= 11 is 0. The molecule has 2 heteroatoms. The molecule has 0 atom stereocenters. The summed E-state index contributed by atoms with van der Waals surface area (Å²) in [4.78, 5) is 0. The summed E-state index contributed by atoms with van der Waals surface area (Å²) in [5.74, 6) is 0. The first-order valence-corrected chi connectivity index (χ1v) is 7.89. The Morgan fingerprint density at radius 3 is 2.14 bits per heavy atom. The van der Waals surface area contributed by atoms with Gasteiger partial charge >= 0.3 is 0 Å². The van der Waals surface area contributed by atoms with Crippen LogP contribution in [-0.2, 0) is 0 Å². The topological polar surface area (TPSA) is 24.1 Å². The van der Waals surface area contributed by atoms with E-state index in [2.05, 4.69) is 71.8 Å². The highest BCUT2D eigenvalue weighted by atomic mass is 14.9. The molecule has 2 N–H and O–H groups in total. The Morgan fingerprint density at radius 1 is 0.864 bits per heavy atom. The van der Waals surface area contributed by atoms with Gasteiger partial charge in [-0.3, -0.25) is 0 Å². The summed E-state index contributed by atoms with van der Waals surface area (Å²) in [6.45, 7) is 6.23. The lowest BCUT2D eigenvalue weighted by atomic mass is 10.0. The van der Waals surface area contributed by atoms with Crippen LogP contribution in [-0.4, -0.2) is 13.1 Å². The zero-order chi connectivity index (χ0) is 15.2. The van der Waals surface area contributed by atoms with Crippen LogP contribution in [0.1, 0.15) is 12.8 Å². The molecule has 3 aromatic rings. The first kappa shape index (κ1) is 14.6. The van der Waals surface area contributed by atoms with Crippen molar-refractivity contribution >= 4 is 27.2 Å². The van der Waals surface area contributed by atoms with E-state index in [1.165, 1.54) is 47.5 Å². The van der Waals surface area contributed by atoms with Crippen LogP contribution in [0.25, 0.3) is 21.5 Å². The van der Waals surface area contributed by atoms with Gasteiger partial charge in [0.1, 0.15) is 0 Å². The lowest BCUT2D eigenvalue weighted by Crippen LogP contribution is -2.03. The quantitative estimate of drug-likeness (QED) is 0.655. The van der Waals surface area contributed by atoms with Crippen LogP contribution in [0.15, 0.2) is 67.4 Å². The Bertz CT molecular complexity index is 765. The third kappa shape index (κ3) is 3.12. The molecule has 2 nitrogen and oxygen atoms in total. The van der Waals surface area contributed by atoms with Gasteiger partial charge in [-0.2, -0.15) is 0 Å². The molecule has 0 unspecified atom stereocenters. The minimum atomic E-state index is 1.11. The van der Waals surface area contributed by atoms with E-state index < -0.39 is 0 Å². The fourth-order valence-electron chi connectivity index (χ4n) is 2.91. The minimum absolute atomic E-state index is 1.11. The fraction of sp³-hybridized carbons (Fsp3) is 0.200. The first-order valence-electron chi connectivity index (χ1n) is 7.89. The molecule has 1 heterocycles. The summed E-state index contributed by atoms with van der Waals surface area (Å²) in [7, 11) is 0. The van der Waals surface area contributed by atoms with Crippen LogP contribution in [0.3, 0.4) is 0 Å². The summed E-state index contributed by atoms with van der Waals surface area (Å²) in [6.07, 6.45) is 4.50. The van der Waals surface area contributed by atoms with Crippen LogP contribution < -0.4 is 10.6 Å². The second-order valence-corrected chi connectivity index (χ2v) is 5.50. The molecule has 22 heavy (non-hydrogen) atoms. The first-order chi connectivity index (χ1) is 10.9. The van der Waals surface area contributed by atoms with E-state index in [0.717, 1.165) is 5.69 Å². The zero-order valence-corrected chi connectivity index (χ0v) is 12.8. The Hall–Kier alpha value is -2.32. The second kappa shape index (κ2) is 7.10. The summed E-state index contributed by atoms with van der Waals surface area (Å²) in [5.41, 5.74) is 1.11. The average molecular weight is 290 g/mol. The molecule has 0 bridgehead atoms. The van der Waals surface area contributed by atoms with Gasteiger partial charge in [-0.25, -0.2) is 0 Å². The van der Waals surface area contributed by atoms with Crippen molar-refractivity contribution in [3.8, 4) is 0 Å². The number of hydrogen-bond acceptors (Lipinski definition) is 2. The number of benzene rings is 3. The lowest BCUT2D eigenvalue weighted by molar-refractivity contribution is 0.857. The second-order valence-electron chi connectivity index (χ2n) is 5.50. The molecule has 1 saturated heterocycles. The van der Waals surface area contributed by atoms with Crippen molar-refractivity contribution < 1.29 is 0 Å². The van der Waals surface area contributed by atoms with Crippen LogP contribution in [0.4, 0.5) is 5.69 Å². The van der Waals surface area contributed by atoms with E-state index in [1.807, 2.05) is 0 Å². The molecule has 0 saturated carbocycles. The summed E-state index contributed by atoms with van der Waals surface area (Å²) in [6, 6.07) is 19.0. The predicted molar refractivity (Wildman–Crippen MR) is 97.4 cm³/mol. The van der Waals surface area contributed by atoms with Crippen LogP contribution >= 0.6 is 0 Å². The Kier molecular flexibility index (Phi) is 4.71. The van der Waals surface area contributed by atoms with Crippen molar-refractivity contribution in [2.24, 2.45) is 0 Å². The summed E-state index contributed by atoms with van der Waals surface area (Å²) in [5, 5.41) is 11.5. The van der Waals surface area contributed by atoms with Crippen LogP contribution in [0, 0.1) is 0 Å². The molecule has 1 aliphatic rings. The number of fused-ring (bicyclic) bond motifs is 3. The molecule has 0 radical (unpaired) electrons. The van der Waals surface area contributed by atoms with Crippen molar-refractivity contribution in [3.05, 3.63) is 67.4 Å². The molecule has 0 amide bonds. The molecule has 0 spiro atoms. The Balaban J connectivity index is 0.000000246. The molecule has 3 aromatic carbocycles. The van der Waals surface area contributed by atoms with Gasteiger partial charge in [-0.15, -0.1) is 0 Å². The molecule has 0 aliphatic carbocycles. The number of rotatable bonds is 2. The molecule has 0 aromatic heterocycles. The van der Waals surface area contributed by atoms with E-state index in [1.54, 1.807) is 6.20 Å². The van der Waals surface area contributed by atoms with Crippen molar-refractivity contribution in [2.75, 3.05) is 18.4 Å². The molecular weight excluding hydrogens is 268 g/mol. The van der Waals surface area contributed by atoms with Crippen LogP contribution in [0.2, 0.25) is 0 Å². The Morgan fingerprint density at radius 2 is 1.50 bits per heavy atom. The third-order valence-corrected chi connectivity index (χ3v) is 3.98. The van der Waals surface area contributed by atoms with E-state index in [9.17, 15) is 0 Å². The van der Waals surface area contributed by atoms with Crippen molar-refractivity contribution in [2.45, 2.75) is 12.8 Å². The molecular formula is C20H22N2. The lowest BCUT2D eigenvalue weighted by Gasteiger charge is -2.09. The summed E-state index contributed by atoms with van der Waals surface area (Å²) < 4.78 is 0. The van der Waals surface area contributed by atoms with Gasteiger partial charge in [0.05, 0.1) is 0 Å². The third-order valence-electron chi connectivity index (χ3n) is 3.98. The van der Waals surface area contributed by atoms with Gasteiger partial charge in [0.15, 0.2) is 0 Å². The number of anilines is 1. The molecule has 1 fully saturated rings. The smallest absolute Gasteiger partial charge is 0.0465 e. The maximum absolute atomic E-state index is 3.73. The highest BCUT2D eigenvalue weighted by Gasteiger charge is 2.04. The maximum Gasteiger partial charge on any atom is 0.0465 e. The molecule has 112 valence electrons. The van der Waals surface area contributed by atoms with Gasteiger partial charge in [0.2, 0.25) is 0 Å². The van der Waals surface area contributed by atoms with E-state index in [-0.39, 0.29) is 0 Å². The van der Waals surface area contributed by atoms with Crippen LogP contribution in [0.5, 0.6) is 0 Å². The van der Waals surface area contributed by atoms with Crippen molar-refractivity contribution in [1.29, 1.82) is 0 Å². The maximum atomic E-state index is 3.73. The van der Waals surface area contributed by atoms with E-state index in [0.29, 0.717) is 0 Å². The Labute approximate surface area is 131 Å². The number of hydrogen-bond donors (Lipinski definition) is 2. The number of nitrogens with one attached hydrogen (secondary N) is 2. The van der Waals surface area contributed by atoms with E-state index >= 15 is 0 Å². The van der Waals surface area contributed by atoms with Crippen molar-refractivity contribution in [1.82, 2.24) is 5.32 Å². The minimum Gasteiger partial charge on any atom is -0.362 e. The molecule has 1 aliphatic heterocycles. The van der Waals surface area contributed by atoms with Gasteiger partial charge < -0.3 is 10.6 Å². The van der Waals surface area contributed by atoms with E-state index in [4.69, 9.17) is 0 Å². The average Bonchev–Trinajstić information content (AvgIpc) is 3.15. The van der Waals surface area contributed by atoms with Gasteiger partial charge in [0, 0.05) is 11.1 Å². The fourth-order valence-corrected chi connectivity index (χ4v) is 2.91. The van der Waals surface area contributed by atoms with Gasteiger partial charge in [0.25, 0.3) is 0 Å².